The highest BCUT2D eigenvalue weighted by atomic mass is 19.3. The second-order valence-corrected chi connectivity index (χ2v) is 6.53. The molecule has 10 heteroatoms. The van der Waals surface area contributed by atoms with Gasteiger partial charge in [-0.1, -0.05) is 5.21 Å². The average Bonchev–Trinajstić information content (AvgIpc) is 3.23. The summed E-state index contributed by atoms with van der Waals surface area (Å²) in [7, 11) is 1.52. The molecule has 0 aromatic carbocycles. The maximum Gasteiger partial charge on any atom is 0.273 e. The fraction of sp³-hybridized carbons (Fsp3) is 0.733. The minimum atomic E-state index is -2.89. The molecule has 8 nitrogen and oxygen atoms in total. The van der Waals surface area contributed by atoms with Crippen LogP contribution in [0, 0.1) is 5.92 Å². The van der Waals surface area contributed by atoms with Gasteiger partial charge in [0, 0.05) is 26.0 Å². The van der Waals surface area contributed by atoms with Gasteiger partial charge in [-0.15, -0.1) is 5.10 Å². The number of alkyl halides is 2. The molecule has 1 aromatic rings. The number of aromatic nitrogens is 3. The van der Waals surface area contributed by atoms with E-state index in [1.807, 2.05) is 0 Å². The Hall–Kier alpha value is -2.10. The molecule has 0 bridgehead atoms. The third-order valence-electron chi connectivity index (χ3n) is 4.35. The van der Waals surface area contributed by atoms with Gasteiger partial charge in [0.05, 0.1) is 31.9 Å². The van der Waals surface area contributed by atoms with E-state index in [0.717, 1.165) is 12.8 Å². The Bertz CT molecular complexity index is 647. The minimum Gasteiger partial charge on any atom is -0.383 e. The summed E-state index contributed by atoms with van der Waals surface area (Å²) < 4.78 is 33.7. The van der Waals surface area contributed by atoms with Gasteiger partial charge in [0.1, 0.15) is 0 Å². The van der Waals surface area contributed by atoms with E-state index < -0.39 is 30.8 Å². The van der Waals surface area contributed by atoms with Crippen molar-refractivity contribution in [1.29, 1.82) is 0 Å². The lowest BCUT2D eigenvalue weighted by Gasteiger charge is -2.23. The zero-order chi connectivity index (χ0) is 18.0. The van der Waals surface area contributed by atoms with Crippen molar-refractivity contribution in [2.45, 2.75) is 37.8 Å². The van der Waals surface area contributed by atoms with Crippen LogP contribution in [-0.4, -0.2) is 70.5 Å². The van der Waals surface area contributed by atoms with Crippen molar-refractivity contribution < 1.29 is 23.1 Å². The lowest BCUT2D eigenvalue weighted by molar-refractivity contribution is -0.134. The number of halogens is 2. The first kappa shape index (κ1) is 17.7. The van der Waals surface area contributed by atoms with Crippen molar-refractivity contribution in [2.75, 3.05) is 26.8 Å². The quantitative estimate of drug-likeness (QED) is 0.709. The lowest BCUT2D eigenvalue weighted by Crippen LogP contribution is -2.39. The first-order valence-electron chi connectivity index (χ1n) is 8.25. The monoisotopic (exact) mass is 357 g/mol. The van der Waals surface area contributed by atoms with Crippen molar-refractivity contribution in [1.82, 2.24) is 25.2 Å². The van der Waals surface area contributed by atoms with E-state index in [2.05, 4.69) is 15.6 Å². The standard InChI is InChI=1S/C15H21F2N5O3/c1-25-5-4-18-13(23)12-8-21(20-19-12)7-11-6-15(16,17)9-22(11)14(24)10-2-3-10/h8,10-11H,2-7,9H2,1H3,(H,18,23)/t11-/m0/s1. The van der Waals surface area contributed by atoms with Crippen LogP contribution in [0.25, 0.3) is 0 Å². The van der Waals surface area contributed by atoms with Gasteiger partial charge >= 0.3 is 0 Å². The van der Waals surface area contributed by atoms with Crippen molar-refractivity contribution >= 4 is 11.8 Å². The smallest absolute Gasteiger partial charge is 0.273 e. The molecular formula is C15H21F2N5O3. The Morgan fingerprint density at radius 1 is 1.44 bits per heavy atom. The van der Waals surface area contributed by atoms with Crippen LogP contribution in [0.1, 0.15) is 29.8 Å². The molecular weight excluding hydrogens is 336 g/mol. The van der Waals surface area contributed by atoms with Gasteiger partial charge in [-0.05, 0) is 12.8 Å². The number of nitrogens with one attached hydrogen (secondary N) is 1. The molecule has 0 spiro atoms. The summed E-state index contributed by atoms with van der Waals surface area (Å²) in [6.07, 6.45) is 2.53. The molecule has 0 unspecified atom stereocenters. The number of ether oxygens (including phenoxy) is 1. The molecule has 1 saturated carbocycles. The highest BCUT2D eigenvalue weighted by Gasteiger charge is 2.49. The molecule has 1 aliphatic heterocycles. The Balaban J connectivity index is 1.62. The maximum absolute atomic E-state index is 13.8. The number of hydrogen-bond donors (Lipinski definition) is 1. The molecule has 1 saturated heterocycles. The van der Waals surface area contributed by atoms with E-state index in [4.69, 9.17) is 4.74 Å². The fourth-order valence-electron chi connectivity index (χ4n) is 2.95. The summed E-state index contributed by atoms with van der Waals surface area (Å²) in [5.74, 6) is -3.63. The molecule has 1 aromatic heterocycles. The van der Waals surface area contributed by atoms with Crippen LogP contribution in [0.15, 0.2) is 6.20 Å². The van der Waals surface area contributed by atoms with Gasteiger partial charge in [0.25, 0.3) is 11.8 Å². The molecule has 1 aliphatic carbocycles. The zero-order valence-electron chi connectivity index (χ0n) is 14.0. The van der Waals surface area contributed by atoms with E-state index in [0.29, 0.717) is 13.2 Å². The SMILES string of the molecule is COCCNC(=O)c1cn(C[C@@H]2CC(F)(F)CN2C(=O)C2CC2)nn1. The Morgan fingerprint density at radius 2 is 2.20 bits per heavy atom. The zero-order valence-corrected chi connectivity index (χ0v) is 14.0. The third-order valence-corrected chi connectivity index (χ3v) is 4.35. The predicted molar refractivity (Wildman–Crippen MR) is 82.0 cm³/mol. The van der Waals surface area contributed by atoms with Crippen LogP contribution in [0.2, 0.25) is 0 Å². The van der Waals surface area contributed by atoms with Crippen LogP contribution < -0.4 is 5.32 Å². The van der Waals surface area contributed by atoms with Crippen molar-refractivity contribution in [2.24, 2.45) is 5.92 Å². The summed E-state index contributed by atoms with van der Waals surface area (Å²) in [5.41, 5.74) is 0.0981. The molecule has 2 aliphatic rings. The van der Waals surface area contributed by atoms with E-state index in [1.165, 1.54) is 22.9 Å². The summed E-state index contributed by atoms with van der Waals surface area (Å²) >= 11 is 0. The second kappa shape index (κ2) is 7.03. The van der Waals surface area contributed by atoms with Crippen molar-refractivity contribution in [3.63, 3.8) is 0 Å². The number of amides is 2. The third kappa shape index (κ3) is 4.30. The number of carbonyl (C=O) groups is 2. The fourth-order valence-corrected chi connectivity index (χ4v) is 2.95. The summed E-state index contributed by atoms with van der Waals surface area (Å²) in [6.45, 7) is 0.244. The van der Waals surface area contributed by atoms with Crippen LogP contribution in [0.4, 0.5) is 8.78 Å². The molecule has 2 amide bonds. The van der Waals surface area contributed by atoms with E-state index in [-0.39, 0.29) is 24.1 Å². The lowest BCUT2D eigenvalue weighted by atomic mass is 10.2. The molecule has 1 N–H and O–H groups in total. The first-order valence-corrected chi connectivity index (χ1v) is 8.25. The number of hydrogen-bond acceptors (Lipinski definition) is 5. The van der Waals surface area contributed by atoms with Crippen molar-refractivity contribution in [3.05, 3.63) is 11.9 Å². The highest BCUT2D eigenvalue weighted by molar-refractivity contribution is 5.91. The number of carbonyl (C=O) groups excluding carboxylic acids is 2. The van der Waals surface area contributed by atoms with Crippen LogP contribution >= 0.6 is 0 Å². The topological polar surface area (TPSA) is 89.4 Å². The van der Waals surface area contributed by atoms with Crippen molar-refractivity contribution in [3.8, 4) is 0 Å². The number of rotatable bonds is 7. The number of methoxy groups -OCH3 is 1. The molecule has 3 rings (SSSR count). The first-order chi connectivity index (χ1) is 11.9. The predicted octanol–water partition coefficient (Wildman–Crippen LogP) is 0.300. The molecule has 0 radical (unpaired) electrons. The molecule has 2 fully saturated rings. The summed E-state index contributed by atoms with van der Waals surface area (Å²) in [5, 5.41) is 10.2. The Morgan fingerprint density at radius 3 is 2.88 bits per heavy atom. The van der Waals surface area contributed by atoms with Gasteiger partial charge in [0.2, 0.25) is 5.91 Å². The van der Waals surface area contributed by atoms with Gasteiger partial charge in [-0.3, -0.25) is 9.59 Å². The van der Waals surface area contributed by atoms with E-state index >= 15 is 0 Å². The van der Waals surface area contributed by atoms with E-state index in [9.17, 15) is 18.4 Å². The second-order valence-electron chi connectivity index (χ2n) is 6.53. The average molecular weight is 357 g/mol. The van der Waals surface area contributed by atoms with Gasteiger partial charge in [0.15, 0.2) is 5.69 Å². The van der Waals surface area contributed by atoms with E-state index in [1.54, 1.807) is 0 Å². The van der Waals surface area contributed by atoms with Crippen LogP contribution in [-0.2, 0) is 16.1 Å². The summed E-state index contributed by atoms with van der Waals surface area (Å²) in [4.78, 5) is 25.4. The Labute approximate surface area is 143 Å². The number of likely N-dealkylation sites (tertiary alicyclic amines) is 1. The summed E-state index contributed by atoms with van der Waals surface area (Å²) in [6, 6.07) is -0.644. The van der Waals surface area contributed by atoms with Gasteiger partial charge in [-0.25, -0.2) is 13.5 Å². The van der Waals surface area contributed by atoms with Crippen LogP contribution in [0.5, 0.6) is 0 Å². The maximum atomic E-state index is 13.8. The van der Waals surface area contributed by atoms with Crippen LogP contribution in [0.3, 0.4) is 0 Å². The molecule has 25 heavy (non-hydrogen) atoms. The highest BCUT2D eigenvalue weighted by Crippen LogP contribution is 2.38. The molecule has 1 atom stereocenters. The molecule has 138 valence electrons. The van der Waals surface area contributed by atoms with Gasteiger partial charge < -0.3 is 15.0 Å². The largest absolute Gasteiger partial charge is 0.383 e. The van der Waals surface area contributed by atoms with Gasteiger partial charge in [-0.2, -0.15) is 0 Å². The minimum absolute atomic E-state index is 0.0897. The molecule has 2 heterocycles. The normalized spacial score (nSPS) is 22.2. The number of nitrogens with zero attached hydrogens (tertiary/aromatic N) is 4. The Kier molecular flexibility index (Phi) is 4.98.